The lowest BCUT2D eigenvalue weighted by molar-refractivity contribution is 0.0734. The first-order valence-corrected chi connectivity index (χ1v) is 6.62. The smallest absolute Gasteiger partial charge is 0.176 e. The minimum absolute atomic E-state index is 0.00935. The van der Waals surface area contributed by atoms with E-state index in [1.165, 1.54) is 18.6 Å². The van der Waals surface area contributed by atoms with Crippen LogP contribution in [0.25, 0.3) is 0 Å². The van der Waals surface area contributed by atoms with Crippen molar-refractivity contribution in [2.45, 2.75) is 45.2 Å². The van der Waals surface area contributed by atoms with Gasteiger partial charge in [-0.15, -0.1) is 0 Å². The normalized spacial score (nSPS) is 25.1. The lowest BCUT2D eigenvalue weighted by Crippen LogP contribution is -2.46. The summed E-state index contributed by atoms with van der Waals surface area (Å²) in [7, 11) is 0. The summed E-state index contributed by atoms with van der Waals surface area (Å²) >= 11 is 0. The number of benzene rings is 1. The topological polar surface area (TPSA) is 20.3 Å². The van der Waals surface area contributed by atoms with Crippen molar-refractivity contribution in [1.82, 2.24) is 4.90 Å². The first kappa shape index (κ1) is 13.2. The number of carbonyl (C=O) groups is 1. The molecule has 1 aliphatic rings. The molecule has 0 aliphatic carbocycles. The second-order valence-electron chi connectivity index (χ2n) is 5.23. The molecular formula is C15H20FNO. The maximum atomic E-state index is 13.1. The predicted molar refractivity (Wildman–Crippen MR) is 70.2 cm³/mol. The van der Waals surface area contributed by atoms with Crippen LogP contribution in [0.3, 0.4) is 0 Å². The average Bonchev–Trinajstić information content (AvgIpc) is 2.34. The second kappa shape index (κ2) is 5.61. The highest BCUT2D eigenvalue weighted by Crippen LogP contribution is 2.22. The summed E-state index contributed by atoms with van der Waals surface area (Å²) in [5.41, 5.74) is 0.472. The van der Waals surface area contributed by atoms with Gasteiger partial charge in [-0.05, 0) is 38.8 Å². The van der Waals surface area contributed by atoms with Gasteiger partial charge in [0, 0.05) is 17.6 Å². The van der Waals surface area contributed by atoms with Crippen LogP contribution in [-0.2, 0) is 0 Å². The minimum Gasteiger partial charge on any atom is -0.293 e. The van der Waals surface area contributed by atoms with Gasteiger partial charge in [0.1, 0.15) is 5.82 Å². The zero-order valence-corrected chi connectivity index (χ0v) is 11.0. The van der Waals surface area contributed by atoms with Crippen LogP contribution >= 0.6 is 0 Å². The van der Waals surface area contributed by atoms with Gasteiger partial charge in [0.05, 0.1) is 6.54 Å². The first-order valence-electron chi connectivity index (χ1n) is 6.62. The fourth-order valence-corrected chi connectivity index (χ4v) is 2.71. The number of carbonyl (C=O) groups excluding carboxylic acids is 1. The van der Waals surface area contributed by atoms with E-state index in [0.29, 0.717) is 24.2 Å². The van der Waals surface area contributed by atoms with Gasteiger partial charge in [0.25, 0.3) is 0 Å². The molecule has 2 unspecified atom stereocenters. The van der Waals surface area contributed by atoms with Crippen LogP contribution in [0.4, 0.5) is 4.39 Å². The molecule has 2 rings (SSSR count). The number of Topliss-reactive ketones (excluding diaryl/α,β-unsaturated/α-hetero) is 1. The van der Waals surface area contributed by atoms with Gasteiger partial charge in [-0.25, -0.2) is 4.39 Å². The van der Waals surface area contributed by atoms with Crippen molar-refractivity contribution in [3.8, 4) is 0 Å². The highest BCUT2D eigenvalue weighted by atomic mass is 19.1. The maximum Gasteiger partial charge on any atom is 0.176 e. The third-order valence-electron chi connectivity index (χ3n) is 3.85. The molecule has 18 heavy (non-hydrogen) atoms. The molecule has 0 bridgehead atoms. The number of rotatable bonds is 3. The molecule has 0 aromatic heterocycles. The number of nitrogens with zero attached hydrogens (tertiary/aromatic N) is 1. The van der Waals surface area contributed by atoms with Crippen molar-refractivity contribution in [3.63, 3.8) is 0 Å². The SMILES string of the molecule is CC1CCCC(C)N1CC(=O)c1cccc(F)c1. The van der Waals surface area contributed by atoms with Gasteiger partial charge in [-0.3, -0.25) is 9.69 Å². The molecule has 2 nitrogen and oxygen atoms in total. The Kier molecular flexibility index (Phi) is 4.12. The Labute approximate surface area is 108 Å². The van der Waals surface area contributed by atoms with E-state index >= 15 is 0 Å². The van der Waals surface area contributed by atoms with Gasteiger partial charge in [-0.1, -0.05) is 18.6 Å². The van der Waals surface area contributed by atoms with E-state index in [-0.39, 0.29) is 11.6 Å². The molecule has 0 N–H and O–H groups in total. The van der Waals surface area contributed by atoms with Gasteiger partial charge >= 0.3 is 0 Å². The predicted octanol–water partition coefficient (Wildman–Crippen LogP) is 3.27. The number of hydrogen-bond donors (Lipinski definition) is 0. The molecule has 3 heteroatoms. The average molecular weight is 249 g/mol. The maximum absolute atomic E-state index is 13.1. The van der Waals surface area contributed by atoms with Crippen molar-refractivity contribution in [2.75, 3.05) is 6.54 Å². The van der Waals surface area contributed by atoms with E-state index in [0.717, 1.165) is 12.8 Å². The Morgan fingerprint density at radius 3 is 2.61 bits per heavy atom. The van der Waals surface area contributed by atoms with E-state index in [2.05, 4.69) is 18.7 Å². The molecule has 1 heterocycles. The molecule has 0 saturated carbocycles. The Morgan fingerprint density at radius 2 is 2.00 bits per heavy atom. The zero-order chi connectivity index (χ0) is 13.1. The van der Waals surface area contributed by atoms with Crippen LogP contribution in [0.1, 0.15) is 43.5 Å². The van der Waals surface area contributed by atoms with E-state index in [1.807, 2.05) is 0 Å². The third-order valence-corrected chi connectivity index (χ3v) is 3.85. The Hall–Kier alpha value is -1.22. The molecule has 1 aromatic carbocycles. The van der Waals surface area contributed by atoms with Crippen LogP contribution in [0.15, 0.2) is 24.3 Å². The molecule has 1 aromatic rings. The number of piperidine rings is 1. The van der Waals surface area contributed by atoms with E-state index in [4.69, 9.17) is 0 Å². The summed E-state index contributed by atoms with van der Waals surface area (Å²) in [5.74, 6) is -0.337. The molecule has 1 fully saturated rings. The molecule has 0 spiro atoms. The van der Waals surface area contributed by atoms with Crippen molar-refractivity contribution in [2.24, 2.45) is 0 Å². The Morgan fingerprint density at radius 1 is 1.33 bits per heavy atom. The fraction of sp³-hybridized carbons (Fsp3) is 0.533. The van der Waals surface area contributed by atoms with E-state index in [9.17, 15) is 9.18 Å². The molecule has 1 saturated heterocycles. The van der Waals surface area contributed by atoms with E-state index < -0.39 is 0 Å². The van der Waals surface area contributed by atoms with Crippen LogP contribution in [0, 0.1) is 5.82 Å². The molecular weight excluding hydrogens is 229 g/mol. The second-order valence-corrected chi connectivity index (χ2v) is 5.23. The lowest BCUT2D eigenvalue weighted by Gasteiger charge is -2.38. The van der Waals surface area contributed by atoms with Gasteiger partial charge in [-0.2, -0.15) is 0 Å². The van der Waals surface area contributed by atoms with Crippen molar-refractivity contribution >= 4 is 5.78 Å². The molecule has 1 aliphatic heterocycles. The van der Waals surface area contributed by atoms with Crippen molar-refractivity contribution in [3.05, 3.63) is 35.6 Å². The van der Waals surface area contributed by atoms with Crippen molar-refractivity contribution in [1.29, 1.82) is 0 Å². The number of halogens is 1. The van der Waals surface area contributed by atoms with Crippen LogP contribution in [0.2, 0.25) is 0 Å². The number of ketones is 1. The van der Waals surface area contributed by atoms with E-state index in [1.54, 1.807) is 12.1 Å². The summed E-state index contributed by atoms with van der Waals surface area (Å²) in [5, 5.41) is 0. The minimum atomic E-state index is -0.347. The standard InChI is InChI=1S/C15H20FNO/c1-11-5-3-6-12(2)17(11)10-15(18)13-7-4-8-14(16)9-13/h4,7-9,11-12H,3,5-6,10H2,1-2H3. The van der Waals surface area contributed by atoms with Crippen LogP contribution in [0.5, 0.6) is 0 Å². The largest absolute Gasteiger partial charge is 0.293 e. The highest BCUT2D eigenvalue weighted by Gasteiger charge is 2.26. The number of likely N-dealkylation sites (tertiary alicyclic amines) is 1. The zero-order valence-electron chi connectivity index (χ0n) is 11.0. The van der Waals surface area contributed by atoms with Gasteiger partial charge in [0.15, 0.2) is 5.78 Å². The molecule has 2 atom stereocenters. The Balaban J connectivity index is 2.06. The van der Waals surface area contributed by atoms with Gasteiger partial charge < -0.3 is 0 Å². The molecule has 98 valence electrons. The Bertz CT molecular complexity index is 422. The summed E-state index contributed by atoms with van der Waals surface area (Å²) in [4.78, 5) is 14.4. The first-order chi connectivity index (χ1) is 8.58. The summed E-state index contributed by atoms with van der Waals surface area (Å²) in [6.07, 6.45) is 3.51. The lowest BCUT2D eigenvalue weighted by atomic mass is 9.96. The summed E-state index contributed by atoms with van der Waals surface area (Å²) < 4.78 is 13.1. The highest BCUT2D eigenvalue weighted by molar-refractivity contribution is 5.97. The summed E-state index contributed by atoms with van der Waals surface area (Å²) in [6, 6.07) is 6.83. The third kappa shape index (κ3) is 2.96. The van der Waals surface area contributed by atoms with Crippen LogP contribution < -0.4 is 0 Å². The quantitative estimate of drug-likeness (QED) is 0.766. The molecule has 0 radical (unpaired) electrons. The summed E-state index contributed by atoms with van der Waals surface area (Å²) in [6.45, 7) is 4.72. The number of hydrogen-bond acceptors (Lipinski definition) is 2. The van der Waals surface area contributed by atoms with Crippen LogP contribution in [-0.4, -0.2) is 29.3 Å². The monoisotopic (exact) mass is 249 g/mol. The van der Waals surface area contributed by atoms with Gasteiger partial charge in [0.2, 0.25) is 0 Å². The molecule has 0 amide bonds. The van der Waals surface area contributed by atoms with Crippen molar-refractivity contribution < 1.29 is 9.18 Å². The fourth-order valence-electron chi connectivity index (χ4n) is 2.71.